The second-order valence-electron chi connectivity index (χ2n) is 6.68. The molecule has 150 valence electrons. The summed E-state index contributed by atoms with van der Waals surface area (Å²) in [6.07, 6.45) is 0.818. The summed E-state index contributed by atoms with van der Waals surface area (Å²) in [5.41, 5.74) is 5.82. The molecule has 1 aromatic heterocycles. The van der Waals surface area contributed by atoms with Gasteiger partial charge in [-0.3, -0.25) is 14.8 Å². The Bertz CT molecular complexity index is 1080. The van der Waals surface area contributed by atoms with Gasteiger partial charge in [0, 0.05) is 34.0 Å². The summed E-state index contributed by atoms with van der Waals surface area (Å²) in [4.78, 5) is 12.4. The molecule has 0 spiro atoms. The van der Waals surface area contributed by atoms with Crippen molar-refractivity contribution in [3.63, 3.8) is 0 Å². The predicted molar refractivity (Wildman–Crippen MR) is 130 cm³/mol. The number of anilines is 1. The van der Waals surface area contributed by atoms with Crippen molar-refractivity contribution in [2.24, 2.45) is 7.05 Å². The third-order valence-electron chi connectivity index (χ3n) is 4.65. The minimum Gasteiger partial charge on any atom is -0.332 e. The fourth-order valence-corrected chi connectivity index (χ4v) is 3.89. The van der Waals surface area contributed by atoms with Crippen LogP contribution in [0, 0.1) is 17.4 Å². The first-order chi connectivity index (χ1) is 13.7. The first-order valence-electron chi connectivity index (χ1n) is 8.90. The molecule has 5 nitrogen and oxygen atoms in total. The van der Waals surface area contributed by atoms with E-state index in [1.165, 1.54) is 16.8 Å². The number of thiocarbonyl (C=S) groups is 1. The smallest absolute Gasteiger partial charge is 0.258 e. The summed E-state index contributed by atoms with van der Waals surface area (Å²) < 4.78 is 2.83. The molecule has 0 unspecified atom stereocenters. The van der Waals surface area contributed by atoms with Crippen molar-refractivity contribution >= 4 is 63.1 Å². The van der Waals surface area contributed by atoms with Gasteiger partial charge in [-0.2, -0.15) is 5.10 Å². The molecule has 0 saturated carbocycles. The van der Waals surface area contributed by atoms with E-state index in [0.29, 0.717) is 10.6 Å². The third kappa shape index (κ3) is 5.34. The molecular formula is C21H20ClIN4OS. The molecule has 0 aliphatic rings. The molecule has 2 N–H and O–H groups in total. The average molecular weight is 539 g/mol. The predicted octanol–water partition coefficient (Wildman–Crippen LogP) is 5.01. The van der Waals surface area contributed by atoms with Crippen LogP contribution < -0.4 is 10.6 Å². The second-order valence-corrected chi connectivity index (χ2v) is 8.74. The Kier molecular flexibility index (Phi) is 6.92. The minimum atomic E-state index is -0.342. The molecule has 8 heteroatoms. The van der Waals surface area contributed by atoms with Crippen molar-refractivity contribution < 1.29 is 4.79 Å². The number of nitrogens with one attached hydrogen (secondary N) is 2. The number of hydrogen-bond donors (Lipinski definition) is 2. The highest BCUT2D eigenvalue weighted by atomic mass is 127. The summed E-state index contributed by atoms with van der Waals surface area (Å²) in [6.45, 7) is 4.10. The van der Waals surface area contributed by atoms with E-state index in [-0.39, 0.29) is 11.0 Å². The normalized spacial score (nSPS) is 10.7. The lowest BCUT2D eigenvalue weighted by Gasteiger charge is -2.11. The lowest BCUT2D eigenvalue weighted by atomic mass is 10.0. The number of amides is 1. The molecule has 0 aliphatic heterocycles. The van der Waals surface area contributed by atoms with Crippen LogP contribution in [0.1, 0.15) is 32.9 Å². The number of benzene rings is 2. The standard InChI is InChI=1S/C21H20ClIN4OS/c1-12-17(13(2)27(3)26-12)10-14-4-7-16(8-5-14)24-21(29)25-20(28)18-11-15(23)6-9-19(18)22/h4-9,11H,10H2,1-3H3,(H2,24,25,28,29). The van der Waals surface area contributed by atoms with Gasteiger partial charge in [0.15, 0.2) is 5.11 Å². The summed E-state index contributed by atoms with van der Waals surface area (Å²) >= 11 is 13.5. The quantitative estimate of drug-likeness (QED) is 0.362. The maximum atomic E-state index is 12.4. The van der Waals surface area contributed by atoms with Crippen LogP contribution in [0.3, 0.4) is 0 Å². The molecule has 2 aromatic carbocycles. The number of carbonyl (C=O) groups is 1. The van der Waals surface area contributed by atoms with Crippen molar-refractivity contribution in [1.82, 2.24) is 15.1 Å². The molecule has 3 aromatic rings. The first kappa shape index (κ1) is 21.7. The van der Waals surface area contributed by atoms with E-state index in [0.717, 1.165) is 21.4 Å². The van der Waals surface area contributed by atoms with Gasteiger partial charge in [-0.05, 0) is 84.6 Å². The van der Waals surface area contributed by atoms with Gasteiger partial charge in [-0.1, -0.05) is 23.7 Å². The SMILES string of the molecule is Cc1nn(C)c(C)c1Cc1ccc(NC(=S)NC(=O)c2cc(I)ccc2Cl)cc1. The number of hydrogen-bond acceptors (Lipinski definition) is 3. The Morgan fingerprint density at radius 2 is 1.90 bits per heavy atom. The van der Waals surface area contributed by atoms with Gasteiger partial charge in [0.2, 0.25) is 0 Å². The molecule has 0 saturated heterocycles. The number of aryl methyl sites for hydroxylation is 2. The molecule has 0 aliphatic carbocycles. The van der Waals surface area contributed by atoms with E-state index in [1.807, 2.05) is 49.0 Å². The lowest BCUT2D eigenvalue weighted by molar-refractivity contribution is 0.0978. The maximum Gasteiger partial charge on any atom is 0.258 e. The molecule has 0 radical (unpaired) electrons. The Morgan fingerprint density at radius 3 is 2.52 bits per heavy atom. The molecular weight excluding hydrogens is 519 g/mol. The highest BCUT2D eigenvalue weighted by molar-refractivity contribution is 14.1. The third-order valence-corrected chi connectivity index (χ3v) is 5.86. The van der Waals surface area contributed by atoms with Crippen LogP contribution in [0.2, 0.25) is 5.02 Å². The Labute approximate surface area is 194 Å². The summed E-state index contributed by atoms with van der Waals surface area (Å²) in [6, 6.07) is 13.2. The van der Waals surface area contributed by atoms with E-state index >= 15 is 0 Å². The number of carbonyl (C=O) groups excluding carboxylic acids is 1. The second kappa shape index (κ2) is 9.23. The van der Waals surface area contributed by atoms with Crippen LogP contribution in [-0.2, 0) is 13.5 Å². The van der Waals surface area contributed by atoms with E-state index in [1.54, 1.807) is 12.1 Å². The van der Waals surface area contributed by atoms with E-state index in [9.17, 15) is 4.79 Å². The van der Waals surface area contributed by atoms with Crippen molar-refractivity contribution in [3.05, 3.63) is 79.1 Å². The lowest BCUT2D eigenvalue weighted by Crippen LogP contribution is -2.34. The Morgan fingerprint density at radius 1 is 1.21 bits per heavy atom. The van der Waals surface area contributed by atoms with Crippen LogP contribution in [0.4, 0.5) is 5.69 Å². The van der Waals surface area contributed by atoms with Crippen LogP contribution in [-0.4, -0.2) is 20.8 Å². The Hall–Kier alpha value is -1.97. The van der Waals surface area contributed by atoms with E-state index < -0.39 is 0 Å². The zero-order valence-corrected chi connectivity index (χ0v) is 19.9. The van der Waals surface area contributed by atoms with Gasteiger partial charge >= 0.3 is 0 Å². The molecule has 1 heterocycles. The van der Waals surface area contributed by atoms with E-state index in [2.05, 4.69) is 45.2 Å². The molecule has 1 amide bonds. The average Bonchev–Trinajstić information content (AvgIpc) is 2.91. The van der Waals surface area contributed by atoms with Gasteiger partial charge < -0.3 is 5.32 Å². The van der Waals surface area contributed by atoms with E-state index in [4.69, 9.17) is 23.8 Å². The summed E-state index contributed by atoms with van der Waals surface area (Å²) in [7, 11) is 1.96. The Balaban J connectivity index is 1.62. The highest BCUT2D eigenvalue weighted by Gasteiger charge is 2.13. The fraction of sp³-hybridized carbons (Fsp3) is 0.190. The molecule has 29 heavy (non-hydrogen) atoms. The molecule has 0 fully saturated rings. The van der Waals surface area contributed by atoms with Gasteiger partial charge in [0.05, 0.1) is 16.3 Å². The van der Waals surface area contributed by atoms with Crippen molar-refractivity contribution in [2.45, 2.75) is 20.3 Å². The van der Waals surface area contributed by atoms with Crippen LogP contribution in [0.25, 0.3) is 0 Å². The zero-order chi connectivity index (χ0) is 21.1. The summed E-state index contributed by atoms with van der Waals surface area (Å²) in [5, 5.41) is 10.8. The van der Waals surface area contributed by atoms with Crippen molar-refractivity contribution in [3.8, 4) is 0 Å². The van der Waals surface area contributed by atoms with Crippen molar-refractivity contribution in [2.75, 3.05) is 5.32 Å². The molecule has 3 rings (SSSR count). The molecule has 0 bridgehead atoms. The zero-order valence-electron chi connectivity index (χ0n) is 16.2. The van der Waals surface area contributed by atoms with Gasteiger partial charge in [0.1, 0.15) is 0 Å². The van der Waals surface area contributed by atoms with Gasteiger partial charge in [-0.25, -0.2) is 0 Å². The van der Waals surface area contributed by atoms with Gasteiger partial charge in [0.25, 0.3) is 5.91 Å². The number of aromatic nitrogens is 2. The van der Waals surface area contributed by atoms with Crippen molar-refractivity contribution in [1.29, 1.82) is 0 Å². The monoisotopic (exact) mass is 538 g/mol. The van der Waals surface area contributed by atoms with Crippen LogP contribution in [0.5, 0.6) is 0 Å². The number of halogens is 2. The first-order valence-corrected chi connectivity index (χ1v) is 10.8. The molecule has 0 atom stereocenters. The fourth-order valence-electron chi connectivity index (χ4n) is 2.99. The van der Waals surface area contributed by atoms with Crippen LogP contribution >= 0.6 is 46.4 Å². The van der Waals surface area contributed by atoms with Gasteiger partial charge in [-0.15, -0.1) is 0 Å². The topological polar surface area (TPSA) is 59.0 Å². The minimum absolute atomic E-state index is 0.219. The van der Waals surface area contributed by atoms with Crippen LogP contribution in [0.15, 0.2) is 42.5 Å². The highest BCUT2D eigenvalue weighted by Crippen LogP contribution is 2.20. The maximum absolute atomic E-state index is 12.4. The number of nitrogens with zero attached hydrogens (tertiary/aromatic N) is 2. The summed E-state index contributed by atoms with van der Waals surface area (Å²) in [5.74, 6) is -0.342. The number of rotatable bonds is 4. The largest absolute Gasteiger partial charge is 0.332 e.